The first-order valence-electron chi connectivity index (χ1n) is 9.17. The van der Waals surface area contributed by atoms with Gasteiger partial charge < -0.3 is 25.0 Å². The van der Waals surface area contributed by atoms with E-state index in [1.165, 1.54) is 0 Å². The van der Waals surface area contributed by atoms with Gasteiger partial charge in [0.05, 0.1) is 6.61 Å². The molecule has 0 atom stereocenters. The monoisotopic (exact) mass is 385 g/mol. The van der Waals surface area contributed by atoms with Gasteiger partial charge in [-0.2, -0.15) is 0 Å². The second-order valence-electron chi connectivity index (χ2n) is 6.24. The molecule has 150 valence electrons. The van der Waals surface area contributed by atoms with Crippen molar-refractivity contribution in [2.45, 2.75) is 6.92 Å². The Labute approximate surface area is 165 Å². The third-order valence-electron chi connectivity index (χ3n) is 3.88. The molecule has 2 rings (SSSR count). The van der Waals surface area contributed by atoms with Gasteiger partial charge in [-0.05, 0) is 55.5 Å². The Balaban J connectivity index is 1.64. The number of hydrogen-bond donors (Lipinski definition) is 2. The predicted molar refractivity (Wildman–Crippen MR) is 109 cm³/mol. The first-order valence-corrected chi connectivity index (χ1v) is 9.17. The molecule has 0 unspecified atom stereocenters. The molecule has 7 nitrogen and oxygen atoms in total. The molecular formula is C21H27N3O4. The molecule has 0 saturated heterocycles. The highest BCUT2D eigenvalue weighted by molar-refractivity contribution is 5.94. The van der Waals surface area contributed by atoms with Crippen molar-refractivity contribution >= 4 is 17.5 Å². The van der Waals surface area contributed by atoms with E-state index in [1.54, 1.807) is 36.4 Å². The lowest BCUT2D eigenvalue weighted by Crippen LogP contribution is -2.36. The van der Waals surface area contributed by atoms with Crippen LogP contribution >= 0.6 is 0 Å². The summed E-state index contributed by atoms with van der Waals surface area (Å²) in [4.78, 5) is 25.9. The molecule has 0 saturated carbocycles. The SMILES string of the molecule is CCOc1ccc(OCC(=O)NCCNC(=O)c2ccc(N(C)C)cc2)cc1. The van der Waals surface area contributed by atoms with Crippen LogP contribution in [0.5, 0.6) is 11.5 Å². The molecule has 0 aliphatic heterocycles. The van der Waals surface area contributed by atoms with Crippen molar-refractivity contribution in [3.05, 3.63) is 54.1 Å². The molecule has 0 heterocycles. The summed E-state index contributed by atoms with van der Waals surface area (Å²) in [6.45, 7) is 3.09. The van der Waals surface area contributed by atoms with Crippen molar-refractivity contribution in [2.24, 2.45) is 0 Å². The molecule has 28 heavy (non-hydrogen) atoms. The van der Waals surface area contributed by atoms with E-state index in [4.69, 9.17) is 9.47 Å². The number of carbonyl (C=O) groups excluding carboxylic acids is 2. The number of amides is 2. The van der Waals surface area contributed by atoms with Crippen LogP contribution in [-0.2, 0) is 4.79 Å². The minimum atomic E-state index is -0.251. The standard InChI is InChI=1S/C21H27N3O4/c1-4-27-18-9-11-19(12-10-18)28-15-20(25)22-13-14-23-21(26)16-5-7-17(8-6-16)24(2)3/h5-12H,4,13-15H2,1-3H3,(H,22,25)(H,23,26). The van der Waals surface area contributed by atoms with Crippen LogP contribution in [0.25, 0.3) is 0 Å². The fraction of sp³-hybridized carbons (Fsp3) is 0.333. The number of carbonyl (C=O) groups is 2. The Kier molecular flexibility index (Phi) is 8.14. The Hall–Kier alpha value is -3.22. The van der Waals surface area contributed by atoms with Crippen molar-refractivity contribution < 1.29 is 19.1 Å². The average molecular weight is 385 g/mol. The van der Waals surface area contributed by atoms with Crippen LogP contribution in [-0.4, -0.2) is 52.2 Å². The third-order valence-corrected chi connectivity index (χ3v) is 3.88. The molecule has 0 aromatic heterocycles. The van der Waals surface area contributed by atoms with Crippen molar-refractivity contribution in [2.75, 3.05) is 45.3 Å². The third kappa shape index (κ3) is 6.83. The zero-order valence-electron chi connectivity index (χ0n) is 16.5. The quantitative estimate of drug-likeness (QED) is 0.612. The number of rotatable bonds is 10. The zero-order valence-corrected chi connectivity index (χ0v) is 16.5. The van der Waals surface area contributed by atoms with Crippen LogP contribution < -0.4 is 25.0 Å². The van der Waals surface area contributed by atoms with Gasteiger partial charge in [0.1, 0.15) is 11.5 Å². The molecule has 7 heteroatoms. The van der Waals surface area contributed by atoms with E-state index in [-0.39, 0.29) is 18.4 Å². The molecule has 0 aliphatic carbocycles. The predicted octanol–water partition coefficient (Wildman–Crippen LogP) is 2.08. The molecule has 2 amide bonds. The smallest absolute Gasteiger partial charge is 0.258 e. The first kappa shape index (κ1) is 21.1. The lowest BCUT2D eigenvalue weighted by molar-refractivity contribution is -0.123. The molecular weight excluding hydrogens is 358 g/mol. The molecule has 2 aromatic carbocycles. The molecule has 0 radical (unpaired) electrons. The number of nitrogens with one attached hydrogen (secondary N) is 2. The Bertz CT molecular complexity index is 758. The van der Waals surface area contributed by atoms with Gasteiger partial charge in [-0.1, -0.05) is 0 Å². The molecule has 0 spiro atoms. The Morgan fingerprint density at radius 2 is 1.43 bits per heavy atom. The second-order valence-corrected chi connectivity index (χ2v) is 6.24. The van der Waals surface area contributed by atoms with Gasteiger partial charge in [-0.3, -0.25) is 9.59 Å². The normalized spacial score (nSPS) is 10.1. The second kappa shape index (κ2) is 10.8. The lowest BCUT2D eigenvalue weighted by atomic mass is 10.2. The van der Waals surface area contributed by atoms with Crippen LogP contribution in [0.15, 0.2) is 48.5 Å². The summed E-state index contributed by atoms with van der Waals surface area (Å²) in [7, 11) is 3.88. The summed E-state index contributed by atoms with van der Waals surface area (Å²) in [6, 6.07) is 14.4. The molecule has 0 bridgehead atoms. The van der Waals surface area contributed by atoms with E-state index >= 15 is 0 Å². The van der Waals surface area contributed by atoms with Crippen molar-refractivity contribution in [3.8, 4) is 11.5 Å². The topological polar surface area (TPSA) is 79.9 Å². The Morgan fingerprint density at radius 1 is 0.857 bits per heavy atom. The number of anilines is 1. The maximum atomic E-state index is 12.1. The van der Waals surface area contributed by atoms with Crippen molar-refractivity contribution in [3.63, 3.8) is 0 Å². The number of hydrogen-bond acceptors (Lipinski definition) is 5. The zero-order chi connectivity index (χ0) is 20.4. The summed E-state index contributed by atoms with van der Waals surface area (Å²) in [5, 5.41) is 5.48. The Morgan fingerprint density at radius 3 is 2.00 bits per heavy atom. The van der Waals surface area contributed by atoms with Gasteiger partial charge >= 0.3 is 0 Å². The summed E-state index contributed by atoms with van der Waals surface area (Å²) in [6.07, 6.45) is 0. The van der Waals surface area contributed by atoms with E-state index in [0.29, 0.717) is 31.0 Å². The summed E-state index contributed by atoms with van der Waals surface area (Å²) < 4.78 is 10.8. The largest absolute Gasteiger partial charge is 0.494 e. The van der Waals surface area contributed by atoms with Gasteiger partial charge in [0.15, 0.2) is 6.61 Å². The van der Waals surface area contributed by atoms with Crippen LogP contribution in [0.3, 0.4) is 0 Å². The number of ether oxygens (including phenoxy) is 2. The van der Waals surface area contributed by atoms with Crippen LogP contribution in [0, 0.1) is 0 Å². The van der Waals surface area contributed by atoms with Gasteiger partial charge in [-0.25, -0.2) is 0 Å². The van der Waals surface area contributed by atoms with E-state index in [2.05, 4.69) is 10.6 Å². The molecule has 0 fully saturated rings. The summed E-state index contributed by atoms with van der Waals surface area (Å²) in [5.41, 5.74) is 1.60. The van der Waals surface area contributed by atoms with Crippen molar-refractivity contribution in [1.82, 2.24) is 10.6 Å². The fourth-order valence-electron chi connectivity index (χ4n) is 2.39. The lowest BCUT2D eigenvalue weighted by Gasteiger charge is -2.12. The van der Waals surface area contributed by atoms with Crippen LogP contribution in [0.4, 0.5) is 5.69 Å². The van der Waals surface area contributed by atoms with Gasteiger partial charge in [0.2, 0.25) is 0 Å². The number of benzene rings is 2. The maximum Gasteiger partial charge on any atom is 0.258 e. The van der Waals surface area contributed by atoms with Gasteiger partial charge in [0, 0.05) is 38.4 Å². The highest BCUT2D eigenvalue weighted by Gasteiger charge is 2.06. The van der Waals surface area contributed by atoms with Crippen LogP contribution in [0.2, 0.25) is 0 Å². The summed E-state index contributed by atoms with van der Waals surface area (Å²) >= 11 is 0. The fourth-order valence-corrected chi connectivity index (χ4v) is 2.39. The van der Waals surface area contributed by atoms with E-state index in [1.807, 2.05) is 38.1 Å². The minimum absolute atomic E-state index is 0.0894. The summed E-state index contributed by atoms with van der Waals surface area (Å²) in [5.74, 6) is 0.920. The highest BCUT2D eigenvalue weighted by Crippen LogP contribution is 2.17. The highest BCUT2D eigenvalue weighted by atomic mass is 16.5. The first-order chi connectivity index (χ1) is 13.5. The van der Waals surface area contributed by atoms with E-state index in [0.717, 1.165) is 11.4 Å². The minimum Gasteiger partial charge on any atom is -0.494 e. The molecule has 0 aliphatic rings. The van der Waals surface area contributed by atoms with Crippen molar-refractivity contribution in [1.29, 1.82) is 0 Å². The van der Waals surface area contributed by atoms with E-state index in [9.17, 15) is 9.59 Å². The maximum absolute atomic E-state index is 12.1. The number of nitrogens with zero attached hydrogens (tertiary/aromatic N) is 1. The van der Waals surface area contributed by atoms with Crippen LogP contribution in [0.1, 0.15) is 17.3 Å². The molecule has 2 N–H and O–H groups in total. The van der Waals surface area contributed by atoms with Gasteiger partial charge in [0.25, 0.3) is 11.8 Å². The van der Waals surface area contributed by atoms with Gasteiger partial charge in [-0.15, -0.1) is 0 Å². The molecule has 2 aromatic rings. The average Bonchev–Trinajstić information content (AvgIpc) is 2.71. The van der Waals surface area contributed by atoms with E-state index < -0.39 is 0 Å².